The van der Waals surface area contributed by atoms with Gasteiger partial charge in [-0.15, -0.1) is 0 Å². The van der Waals surface area contributed by atoms with Gasteiger partial charge in [0, 0.05) is 11.6 Å². The van der Waals surface area contributed by atoms with E-state index in [1.807, 2.05) is 32.0 Å². The molecule has 0 saturated carbocycles. The summed E-state index contributed by atoms with van der Waals surface area (Å²) in [4.78, 5) is 29.1. The van der Waals surface area contributed by atoms with Gasteiger partial charge in [0.2, 0.25) is 5.91 Å². The monoisotopic (exact) mass is 324 g/mol. The fourth-order valence-electron chi connectivity index (χ4n) is 2.48. The third-order valence-electron chi connectivity index (χ3n) is 3.55. The molecule has 6 heteroatoms. The first-order valence-corrected chi connectivity index (χ1v) is 7.82. The van der Waals surface area contributed by atoms with Crippen LogP contribution in [0.25, 0.3) is 10.9 Å². The predicted molar refractivity (Wildman–Crippen MR) is 91.1 cm³/mol. The first-order valence-electron chi connectivity index (χ1n) is 7.82. The van der Waals surface area contributed by atoms with Gasteiger partial charge in [-0.25, -0.2) is 0 Å². The fraction of sp³-hybridized carbons (Fsp3) is 0.333. The number of nitrogens with zero attached hydrogens (tertiary/aromatic N) is 2. The van der Waals surface area contributed by atoms with E-state index in [-0.39, 0.29) is 24.3 Å². The van der Waals surface area contributed by atoms with Crippen LogP contribution in [0.5, 0.6) is 0 Å². The fourth-order valence-corrected chi connectivity index (χ4v) is 2.48. The lowest BCUT2D eigenvalue weighted by Gasteiger charge is -2.19. The highest BCUT2D eigenvalue weighted by Gasteiger charge is 2.23. The van der Waals surface area contributed by atoms with Gasteiger partial charge in [0.25, 0.3) is 5.91 Å². The Morgan fingerprint density at radius 3 is 2.71 bits per heavy atom. The summed E-state index contributed by atoms with van der Waals surface area (Å²) < 4.78 is 0. The molecule has 0 aliphatic rings. The highest BCUT2D eigenvalue weighted by Crippen LogP contribution is 2.16. The van der Waals surface area contributed by atoms with E-state index in [1.54, 1.807) is 24.4 Å². The van der Waals surface area contributed by atoms with Gasteiger partial charge in [-0.05, 0) is 24.5 Å². The lowest BCUT2D eigenvalue weighted by Crippen LogP contribution is -2.47. The van der Waals surface area contributed by atoms with Gasteiger partial charge in [-0.1, -0.05) is 32.0 Å². The summed E-state index contributed by atoms with van der Waals surface area (Å²) in [7, 11) is 0. The van der Waals surface area contributed by atoms with Crippen molar-refractivity contribution in [1.82, 2.24) is 15.6 Å². The second kappa shape index (κ2) is 8.06. The Labute approximate surface area is 140 Å². The Morgan fingerprint density at radius 1 is 1.25 bits per heavy atom. The van der Waals surface area contributed by atoms with Crippen LogP contribution in [-0.4, -0.2) is 29.4 Å². The maximum Gasteiger partial charge on any atom is 0.254 e. The van der Waals surface area contributed by atoms with Crippen LogP contribution in [0, 0.1) is 17.2 Å². The van der Waals surface area contributed by atoms with Gasteiger partial charge in [0.05, 0.1) is 17.1 Å². The van der Waals surface area contributed by atoms with Gasteiger partial charge in [0.1, 0.15) is 12.6 Å². The minimum absolute atomic E-state index is 0.0842. The zero-order valence-corrected chi connectivity index (χ0v) is 13.7. The van der Waals surface area contributed by atoms with E-state index >= 15 is 0 Å². The van der Waals surface area contributed by atoms with E-state index in [1.165, 1.54) is 0 Å². The SMILES string of the molecule is CC(C)C[C@H](NC(=O)c1cccc2cccnc12)C(=O)NCC#N. The Kier molecular flexibility index (Phi) is 5.85. The molecule has 124 valence electrons. The predicted octanol–water partition coefficient (Wildman–Crippen LogP) is 2.02. The Hall–Kier alpha value is -2.94. The van der Waals surface area contributed by atoms with Crippen LogP contribution in [0.2, 0.25) is 0 Å². The minimum atomic E-state index is -0.690. The highest BCUT2D eigenvalue weighted by atomic mass is 16.2. The van der Waals surface area contributed by atoms with Gasteiger partial charge in [-0.3, -0.25) is 14.6 Å². The topological polar surface area (TPSA) is 94.9 Å². The molecule has 0 aliphatic carbocycles. The molecule has 0 radical (unpaired) electrons. The molecule has 2 rings (SSSR count). The van der Waals surface area contributed by atoms with Crippen molar-refractivity contribution in [2.75, 3.05) is 6.54 Å². The second-order valence-electron chi connectivity index (χ2n) is 5.91. The molecular formula is C18H20N4O2. The number of carbonyl (C=O) groups is 2. The molecule has 0 saturated heterocycles. The van der Waals surface area contributed by atoms with Gasteiger partial charge in [0.15, 0.2) is 0 Å². The van der Waals surface area contributed by atoms with E-state index in [9.17, 15) is 9.59 Å². The molecule has 2 aromatic rings. The molecule has 1 aromatic heterocycles. The number of para-hydroxylation sites is 1. The average molecular weight is 324 g/mol. The number of hydrogen-bond donors (Lipinski definition) is 2. The molecule has 1 atom stereocenters. The van der Waals surface area contributed by atoms with Crippen LogP contribution < -0.4 is 10.6 Å². The van der Waals surface area contributed by atoms with E-state index in [0.717, 1.165) is 5.39 Å². The number of hydrogen-bond acceptors (Lipinski definition) is 4. The quantitative estimate of drug-likeness (QED) is 0.795. The third-order valence-corrected chi connectivity index (χ3v) is 3.55. The van der Waals surface area contributed by atoms with E-state index in [0.29, 0.717) is 17.5 Å². The summed E-state index contributed by atoms with van der Waals surface area (Å²) in [5.74, 6) is -0.488. The average Bonchev–Trinajstić information content (AvgIpc) is 2.58. The third kappa shape index (κ3) is 4.29. The van der Waals surface area contributed by atoms with E-state index < -0.39 is 6.04 Å². The van der Waals surface area contributed by atoms with Crippen molar-refractivity contribution in [2.24, 2.45) is 5.92 Å². The molecule has 0 unspecified atom stereocenters. The lowest BCUT2D eigenvalue weighted by molar-refractivity contribution is -0.123. The Balaban J connectivity index is 2.23. The summed E-state index contributed by atoms with van der Waals surface area (Å²) in [6.07, 6.45) is 2.12. The molecular weight excluding hydrogens is 304 g/mol. The maximum atomic E-state index is 12.6. The van der Waals surface area contributed by atoms with Crippen molar-refractivity contribution in [3.8, 4) is 6.07 Å². The molecule has 2 amide bonds. The molecule has 0 aliphatic heterocycles. The largest absolute Gasteiger partial charge is 0.341 e. The number of pyridine rings is 1. The molecule has 0 bridgehead atoms. The number of aromatic nitrogens is 1. The number of fused-ring (bicyclic) bond motifs is 1. The van der Waals surface area contributed by atoms with Crippen molar-refractivity contribution in [3.63, 3.8) is 0 Å². The van der Waals surface area contributed by atoms with Gasteiger partial charge in [-0.2, -0.15) is 5.26 Å². The molecule has 24 heavy (non-hydrogen) atoms. The Morgan fingerprint density at radius 2 is 2.00 bits per heavy atom. The van der Waals surface area contributed by atoms with Crippen molar-refractivity contribution in [1.29, 1.82) is 5.26 Å². The smallest absolute Gasteiger partial charge is 0.254 e. The first-order chi connectivity index (χ1) is 11.5. The zero-order valence-electron chi connectivity index (χ0n) is 13.7. The summed E-state index contributed by atoms with van der Waals surface area (Å²) >= 11 is 0. The van der Waals surface area contributed by atoms with E-state index in [4.69, 9.17) is 5.26 Å². The number of benzene rings is 1. The lowest BCUT2D eigenvalue weighted by atomic mass is 10.0. The van der Waals surface area contributed by atoms with Crippen LogP contribution in [0.4, 0.5) is 0 Å². The van der Waals surface area contributed by atoms with Crippen LogP contribution in [0.15, 0.2) is 36.5 Å². The number of nitrogens with one attached hydrogen (secondary N) is 2. The maximum absolute atomic E-state index is 12.6. The van der Waals surface area contributed by atoms with E-state index in [2.05, 4.69) is 15.6 Å². The summed E-state index contributed by atoms with van der Waals surface area (Å²) in [6, 6.07) is 10.2. The van der Waals surface area contributed by atoms with Crippen molar-refractivity contribution < 1.29 is 9.59 Å². The number of rotatable bonds is 6. The summed E-state index contributed by atoms with van der Waals surface area (Å²) in [5.41, 5.74) is 1.02. The van der Waals surface area contributed by atoms with Crippen LogP contribution in [0.1, 0.15) is 30.6 Å². The molecule has 1 aromatic carbocycles. The second-order valence-corrected chi connectivity index (χ2v) is 5.91. The van der Waals surface area contributed by atoms with Crippen molar-refractivity contribution in [2.45, 2.75) is 26.3 Å². The Bertz CT molecular complexity index is 775. The molecule has 0 spiro atoms. The minimum Gasteiger partial charge on any atom is -0.341 e. The molecule has 2 N–H and O–H groups in total. The normalized spacial score (nSPS) is 11.8. The molecule has 0 fully saturated rings. The number of amides is 2. The molecule has 1 heterocycles. The number of carbonyl (C=O) groups excluding carboxylic acids is 2. The van der Waals surface area contributed by atoms with Crippen LogP contribution >= 0.6 is 0 Å². The summed E-state index contributed by atoms with van der Waals surface area (Å²) in [5, 5.41) is 14.7. The zero-order chi connectivity index (χ0) is 17.5. The van der Waals surface area contributed by atoms with Gasteiger partial charge >= 0.3 is 0 Å². The van der Waals surface area contributed by atoms with Crippen molar-refractivity contribution in [3.05, 3.63) is 42.1 Å². The highest BCUT2D eigenvalue weighted by molar-refractivity contribution is 6.06. The van der Waals surface area contributed by atoms with Crippen LogP contribution in [-0.2, 0) is 4.79 Å². The van der Waals surface area contributed by atoms with Gasteiger partial charge < -0.3 is 10.6 Å². The standard InChI is InChI=1S/C18H20N4O2/c1-12(2)11-15(18(24)21-10-8-19)22-17(23)14-7-3-5-13-6-4-9-20-16(13)14/h3-7,9,12,15H,10-11H2,1-2H3,(H,21,24)(H,22,23)/t15-/m0/s1. The van der Waals surface area contributed by atoms with Crippen molar-refractivity contribution >= 4 is 22.7 Å². The summed E-state index contributed by atoms with van der Waals surface area (Å²) in [6.45, 7) is 3.85. The van der Waals surface area contributed by atoms with Crippen LogP contribution in [0.3, 0.4) is 0 Å². The first kappa shape index (κ1) is 17.4. The number of nitriles is 1. The molecule has 6 nitrogen and oxygen atoms in total.